The first-order chi connectivity index (χ1) is 13.1. The van der Waals surface area contributed by atoms with Gasteiger partial charge in [0.2, 0.25) is 5.91 Å². The summed E-state index contributed by atoms with van der Waals surface area (Å²) in [6.45, 7) is 3.54. The van der Waals surface area contributed by atoms with Crippen molar-refractivity contribution in [3.8, 4) is 11.4 Å². The highest BCUT2D eigenvalue weighted by molar-refractivity contribution is 7.18. The van der Waals surface area contributed by atoms with Gasteiger partial charge in [0.15, 0.2) is 5.82 Å². The number of rotatable bonds is 4. The molecule has 0 aliphatic carbocycles. The number of hydrogen-bond acceptors (Lipinski definition) is 6. The molecule has 2 N–H and O–H groups in total. The van der Waals surface area contributed by atoms with E-state index in [1.54, 1.807) is 23.7 Å². The van der Waals surface area contributed by atoms with Gasteiger partial charge < -0.3 is 10.6 Å². The molecule has 0 unspecified atom stereocenters. The van der Waals surface area contributed by atoms with E-state index in [4.69, 9.17) is 9.97 Å². The number of amides is 1. The lowest BCUT2D eigenvalue weighted by atomic mass is 10.2. The highest BCUT2D eigenvalue weighted by Crippen LogP contribution is 2.32. The first kappa shape index (κ1) is 17.1. The topological polar surface area (TPSA) is 79.8 Å². The molecule has 0 spiro atoms. The number of benzene rings is 1. The smallest absolute Gasteiger partial charge is 0.221 e. The summed E-state index contributed by atoms with van der Waals surface area (Å²) in [5, 5.41) is 7.13. The number of aryl methyl sites for hydroxylation is 1. The van der Waals surface area contributed by atoms with Crippen LogP contribution in [0.3, 0.4) is 0 Å². The van der Waals surface area contributed by atoms with Crippen LogP contribution >= 0.6 is 11.3 Å². The van der Waals surface area contributed by atoms with E-state index in [9.17, 15) is 4.79 Å². The van der Waals surface area contributed by atoms with Gasteiger partial charge in [0.25, 0.3) is 0 Å². The number of anilines is 3. The fourth-order valence-corrected chi connectivity index (χ4v) is 3.66. The molecule has 7 heteroatoms. The van der Waals surface area contributed by atoms with Gasteiger partial charge in [-0.3, -0.25) is 9.78 Å². The summed E-state index contributed by atoms with van der Waals surface area (Å²) in [6, 6.07) is 13.4. The van der Waals surface area contributed by atoms with Crippen LogP contribution in [-0.2, 0) is 4.79 Å². The first-order valence-corrected chi connectivity index (χ1v) is 9.23. The molecule has 0 aliphatic heterocycles. The van der Waals surface area contributed by atoms with E-state index in [1.807, 2.05) is 36.4 Å². The standard InChI is InChI=1S/C20H17N5OS/c1-12-9-17-19(23-16-7-3-6-15(10-16)22-13(2)26)24-18(25-20(17)27-12)14-5-4-8-21-11-14/h3-11H,1-2H3,(H,22,26)(H,23,24,25). The highest BCUT2D eigenvalue weighted by atomic mass is 32.1. The molecular formula is C20H17N5OS. The Morgan fingerprint density at radius 2 is 1.93 bits per heavy atom. The molecule has 0 aliphatic rings. The zero-order valence-electron chi connectivity index (χ0n) is 14.9. The van der Waals surface area contributed by atoms with Gasteiger partial charge in [0.1, 0.15) is 10.6 Å². The van der Waals surface area contributed by atoms with Gasteiger partial charge in [-0.25, -0.2) is 9.97 Å². The Morgan fingerprint density at radius 1 is 1.07 bits per heavy atom. The maximum Gasteiger partial charge on any atom is 0.221 e. The summed E-state index contributed by atoms with van der Waals surface area (Å²) in [4.78, 5) is 27.0. The van der Waals surface area contributed by atoms with Crippen molar-refractivity contribution < 1.29 is 4.79 Å². The molecule has 1 aromatic carbocycles. The summed E-state index contributed by atoms with van der Waals surface area (Å²) in [6.07, 6.45) is 3.48. The van der Waals surface area contributed by atoms with Crippen LogP contribution in [0.25, 0.3) is 21.6 Å². The molecule has 0 saturated heterocycles. The second-order valence-corrected chi connectivity index (χ2v) is 7.34. The molecule has 0 saturated carbocycles. The van der Waals surface area contributed by atoms with E-state index in [0.29, 0.717) is 5.82 Å². The van der Waals surface area contributed by atoms with Gasteiger partial charge in [-0.15, -0.1) is 11.3 Å². The fourth-order valence-electron chi connectivity index (χ4n) is 2.78. The average Bonchev–Trinajstić information content (AvgIpc) is 3.03. The molecule has 4 aromatic rings. The van der Waals surface area contributed by atoms with E-state index in [2.05, 4.69) is 28.6 Å². The Hall–Kier alpha value is -3.32. The van der Waals surface area contributed by atoms with Gasteiger partial charge >= 0.3 is 0 Å². The minimum atomic E-state index is -0.108. The van der Waals surface area contributed by atoms with Crippen LogP contribution in [-0.4, -0.2) is 20.9 Å². The summed E-state index contributed by atoms with van der Waals surface area (Å²) >= 11 is 1.63. The third kappa shape index (κ3) is 3.78. The number of carbonyl (C=O) groups excluding carboxylic acids is 1. The maximum absolute atomic E-state index is 11.3. The van der Waals surface area contributed by atoms with Crippen molar-refractivity contribution in [1.82, 2.24) is 15.0 Å². The number of hydrogen-bond donors (Lipinski definition) is 2. The second-order valence-electron chi connectivity index (χ2n) is 6.10. The normalized spacial score (nSPS) is 10.7. The third-order valence-corrected chi connectivity index (χ3v) is 4.83. The number of nitrogens with zero attached hydrogens (tertiary/aromatic N) is 3. The van der Waals surface area contributed by atoms with E-state index < -0.39 is 0 Å². The van der Waals surface area contributed by atoms with E-state index in [1.165, 1.54) is 6.92 Å². The summed E-state index contributed by atoms with van der Waals surface area (Å²) in [5.74, 6) is 1.24. The lowest BCUT2D eigenvalue weighted by molar-refractivity contribution is -0.114. The van der Waals surface area contributed by atoms with Crippen molar-refractivity contribution in [3.63, 3.8) is 0 Å². The molecule has 134 valence electrons. The lowest BCUT2D eigenvalue weighted by Gasteiger charge is -2.10. The molecule has 27 heavy (non-hydrogen) atoms. The molecule has 0 atom stereocenters. The monoisotopic (exact) mass is 375 g/mol. The van der Waals surface area contributed by atoms with Crippen molar-refractivity contribution in [2.45, 2.75) is 13.8 Å². The molecule has 3 heterocycles. The molecule has 6 nitrogen and oxygen atoms in total. The van der Waals surface area contributed by atoms with Crippen molar-refractivity contribution >= 4 is 44.7 Å². The Bertz CT molecular complexity index is 1120. The van der Waals surface area contributed by atoms with Crippen LogP contribution in [0, 0.1) is 6.92 Å². The lowest BCUT2D eigenvalue weighted by Crippen LogP contribution is -2.06. The largest absolute Gasteiger partial charge is 0.340 e. The predicted molar refractivity (Wildman–Crippen MR) is 109 cm³/mol. The van der Waals surface area contributed by atoms with Crippen molar-refractivity contribution in [3.05, 3.63) is 59.7 Å². The van der Waals surface area contributed by atoms with Crippen molar-refractivity contribution in [2.24, 2.45) is 0 Å². The van der Waals surface area contributed by atoms with Crippen LogP contribution in [0.1, 0.15) is 11.8 Å². The molecular weight excluding hydrogens is 358 g/mol. The molecule has 0 fully saturated rings. The van der Waals surface area contributed by atoms with E-state index in [0.717, 1.165) is 37.8 Å². The fraction of sp³-hybridized carbons (Fsp3) is 0.100. The zero-order chi connectivity index (χ0) is 18.8. The van der Waals surface area contributed by atoms with Crippen LogP contribution in [0.15, 0.2) is 54.9 Å². The molecule has 0 radical (unpaired) electrons. The van der Waals surface area contributed by atoms with Gasteiger partial charge in [-0.1, -0.05) is 6.07 Å². The Kier molecular flexibility index (Phi) is 4.52. The Balaban J connectivity index is 1.77. The molecule has 4 rings (SSSR count). The predicted octanol–water partition coefficient (Wildman–Crippen LogP) is 4.76. The second kappa shape index (κ2) is 7.13. The minimum absolute atomic E-state index is 0.108. The number of aromatic nitrogens is 3. The molecule has 3 aromatic heterocycles. The van der Waals surface area contributed by atoms with Gasteiger partial charge in [0.05, 0.1) is 5.39 Å². The molecule has 0 bridgehead atoms. The maximum atomic E-state index is 11.3. The Morgan fingerprint density at radius 3 is 2.70 bits per heavy atom. The number of pyridine rings is 1. The highest BCUT2D eigenvalue weighted by Gasteiger charge is 2.12. The van der Waals surface area contributed by atoms with Gasteiger partial charge in [-0.05, 0) is 43.3 Å². The quantitative estimate of drug-likeness (QED) is 0.537. The minimum Gasteiger partial charge on any atom is -0.340 e. The van der Waals surface area contributed by atoms with Crippen molar-refractivity contribution in [1.29, 1.82) is 0 Å². The molecule has 1 amide bonds. The van der Waals surface area contributed by atoms with Gasteiger partial charge in [0, 0.05) is 41.1 Å². The SMILES string of the molecule is CC(=O)Nc1cccc(Nc2nc(-c3cccnc3)nc3sc(C)cc23)c1. The summed E-state index contributed by atoms with van der Waals surface area (Å²) in [5.41, 5.74) is 2.43. The third-order valence-electron chi connectivity index (χ3n) is 3.88. The van der Waals surface area contributed by atoms with Crippen LogP contribution in [0.4, 0.5) is 17.2 Å². The zero-order valence-corrected chi connectivity index (χ0v) is 15.7. The average molecular weight is 375 g/mol. The number of thiophene rings is 1. The van der Waals surface area contributed by atoms with E-state index >= 15 is 0 Å². The number of carbonyl (C=O) groups is 1. The number of fused-ring (bicyclic) bond motifs is 1. The number of nitrogens with one attached hydrogen (secondary N) is 2. The Labute approximate surface area is 160 Å². The van der Waals surface area contributed by atoms with Crippen molar-refractivity contribution in [2.75, 3.05) is 10.6 Å². The van der Waals surface area contributed by atoms with Gasteiger partial charge in [-0.2, -0.15) is 0 Å². The van der Waals surface area contributed by atoms with Crippen LogP contribution in [0.5, 0.6) is 0 Å². The van der Waals surface area contributed by atoms with E-state index in [-0.39, 0.29) is 5.91 Å². The summed E-state index contributed by atoms with van der Waals surface area (Å²) < 4.78 is 0. The first-order valence-electron chi connectivity index (χ1n) is 8.42. The summed E-state index contributed by atoms with van der Waals surface area (Å²) in [7, 11) is 0. The van der Waals surface area contributed by atoms with Crippen LogP contribution in [0.2, 0.25) is 0 Å². The van der Waals surface area contributed by atoms with Crippen LogP contribution < -0.4 is 10.6 Å².